The molecular weight excluding hydrogens is 372 g/mol. The Morgan fingerprint density at radius 3 is 2.43 bits per heavy atom. The maximum absolute atomic E-state index is 13.0. The van der Waals surface area contributed by atoms with E-state index in [9.17, 15) is 18.4 Å². The Morgan fingerprint density at radius 2 is 1.82 bits per heavy atom. The molecule has 2 aromatic carbocycles. The summed E-state index contributed by atoms with van der Waals surface area (Å²) < 4.78 is 34.7. The summed E-state index contributed by atoms with van der Waals surface area (Å²) in [6, 6.07) is 13.2. The summed E-state index contributed by atoms with van der Waals surface area (Å²) >= 11 is 0. The van der Waals surface area contributed by atoms with Crippen LogP contribution in [0.4, 0.5) is 8.78 Å². The first-order chi connectivity index (χ1) is 13.4. The molecule has 0 radical (unpaired) electrons. The van der Waals surface area contributed by atoms with Crippen molar-refractivity contribution in [2.45, 2.75) is 26.0 Å². The van der Waals surface area contributed by atoms with Gasteiger partial charge >= 0.3 is 12.6 Å². The van der Waals surface area contributed by atoms with Crippen molar-refractivity contribution in [1.82, 2.24) is 4.90 Å². The monoisotopic (exact) mass is 393 g/mol. The maximum atomic E-state index is 13.0. The van der Waals surface area contributed by atoms with Crippen molar-refractivity contribution in [1.29, 1.82) is 0 Å². The molecular formula is C20H21F2NO5. The van der Waals surface area contributed by atoms with Crippen LogP contribution in [0.25, 0.3) is 0 Å². The number of carboxylic acid groups (broad SMARTS) is 1. The largest absolute Gasteiger partial charge is 0.493 e. The SMILES string of the molecule is COc1ccc(C(=O)N(CCCC(=O)O)Cc2ccccc2)cc1OC(F)F. The van der Waals surface area contributed by atoms with Crippen LogP contribution in [0.5, 0.6) is 11.5 Å². The number of hydrogen-bond acceptors (Lipinski definition) is 4. The van der Waals surface area contributed by atoms with Gasteiger partial charge in [0.2, 0.25) is 0 Å². The number of benzene rings is 2. The quantitative estimate of drug-likeness (QED) is 0.664. The van der Waals surface area contributed by atoms with Crippen molar-refractivity contribution in [2.24, 2.45) is 0 Å². The van der Waals surface area contributed by atoms with Crippen LogP contribution in [0, 0.1) is 0 Å². The molecule has 0 unspecified atom stereocenters. The van der Waals surface area contributed by atoms with Gasteiger partial charge in [0.1, 0.15) is 0 Å². The van der Waals surface area contributed by atoms with Crippen molar-refractivity contribution in [3.63, 3.8) is 0 Å². The molecule has 150 valence electrons. The fraction of sp³-hybridized carbons (Fsp3) is 0.300. The predicted octanol–water partition coefficient (Wildman–Crippen LogP) is 3.80. The molecule has 8 heteroatoms. The zero-order valence-corrected chi connectivity index (χ0v) is 15.3. The van der Waals surface area contributed by atoms with Crippen LogP contribution in [-0.2, 0) is 11.3 Å². The first-order valence-corrected chi connectivity index (χ1v) is 8.58. The summed E-state index contributed by atoms with van der Waals surface area (Å²) in [5, 5.41) is 8.84. The van der Waals surface area contributed by atoms with E-state index in [-0.39, 0.29) is 43.0 Å². The number of rotatable bonds is 10. The predicted molar refractivity (Wildman–Crippen MR) is 97.7 cm³/mol. The summed E-state index contributed by atoms with van der Waals surface area (Å²) in [4.78, 5) is 25.2. The lowest BCUT2D eigenvalue weighted by Gasteiger charge is -2.23. The zero-order valence-electron chi connectivity index (χ0n) is 15.3. The first-order valence-electron chi connectivity index (χ1n) is 8.58. The molecule has 2 rings (SSSR count). The van der Waals surface area contributed by atoms with Gasteiger partial charge in [-0.15, -0.1) is 0 Å². The van der Waals surface area contributed by atoms with E-state index in [4.69, 9.17) is 9.84 Å². The highest BCUT2D eigenvalue weighted by molar-refractivity contribution is 5.95. The average molecular weight is 393 g/mol. The molecule has 0 saturated heterocycles. The van der Waals surface area contributed by atoms with Crippen LogP contribution in [0.2, 0.25) is 0 Å². The van der Waals surface area contributed by atoms with Crippen LogP contribution in [-0.4, -0.2) is 42.1 Å². The van der Waals surface area contributed by atoms with E-state index in [0.717, 1.165) is 5.56 Å². The molecule has 28 heavy (non-hydrogen) atoms. The fourth-order valence-electron chi connectivity index (χ4n) is 2.66. The van der Waals surface area contributed by atoms with Crippen molar-refractivity contribution < 1.29 is 33.0 Å². The van der Waals surface area contributed by atoms with E-state index in [1.165, 1.54) is 30.2 Å². The molecule has 0 spiro atoms. The van der Waals surface area contributed by atoms with Crippen molar-refractivity contribution >= 4 is 11.9 Å². The second-order valence-electron chi connectivity index (χ2n) is 5.95. The lowest BCUT2D eigenvalue weighted by molar-refractivity contribution is -0.137. The minimum absolute atomic E-state index is 0.0809. The van der Waals surface area contributed by atoms with Gasteiger partial charge in [0.05, 0.1) is 7.11 Å². The van der Waals surface area contributed by atoms with Crippen LogP contribution in [0.3, 0.4) is 0 Å². The fourth-order valence-corrected chi connectivity index (χ4v) is 2.66. The molecule has 6 nitrogen and oxygen atoms in total. The summed E-state index contributed by atoms with van der Waals surface area (Å²) in [7, 11) is 1.31. The number of carboxylic acids is 1. The van der Waals surface area contributed by atoms with E-state index in [1.807, 2.05) is 30.3 Å². The highest BCUT2D eigenvalue weighted by Crippen LogP contribution is 2.30. The van der Waals surface area contributed by atoms with Gasteiger partial charge in [-0.05, 0) is 30.2 Å². The average Bonchev–Trinajstić information content (AvgIpc) is 2.66. The molecule has 0 bridgehead atoms. The molecule has 0 fully saturated rings. The lowest BCUT2D eigenvalue weighted by atomic mass is 10.1. The molecule has 0 aliphatic rings. The molecule has 0 aromatic heterocycles. The van der Waals surface area contributed by atoms with Crippen LogP contribution in [0.1, 0.15) is 28.8 Å². The van der Waals surface area contributed by atoms with Crippen LogP contribution >= 0.6 is 0 Å². The number of methoxy groups -OCH3 is 1. The Balaban J connectivity index is 2.25. The third kappa shape index (κ3) is 6.22. The molecule has 1 amide bonds. The molecule has 1 N–H and O–H groups in total. The van der Waals surface area contributed by atoms with Gasteiger partial charge in [0.15, 0.2) is 11.5 Å². The number of carbonyl (C=O) groups is 2. The van der Waals surface area contributed by atoms with E-state index in [0.29, 0.717) is 0 Å². The standard InChI is InChI=1S/C20H21F2NO5/c1-27-16-10-9-15(12-17(16)28-20(21)22)19(26)23(11-5-8-18(24)25)13-14-6-3-2-4-7-14/h2-4,6-7,9-10,12,20H,5,8,11,13H2,1H3,(H,24,25). The molecule has 2 aromatic rings. The van der Waals surface area contributed by atoms with Crippen molar-refractivity contribution in [3.05, 3.63) is 59.7 Å². The summed E-state index contributed by atoms with van der Waals surface area (Å²) in [5.74, 6) is -1.54. The highest BCUT2D eigenvalue weighted by atomic mass is 19.3. The number of halogens is 2. The summed E-state index contributed by atoms with van der Waals surface area (Å²) in [6.45, 7) is -2.59. The highest BCUT2D eigenvalue weighted by Gasteiger charge is 2.20. The smallest absolute Gasteiger partial charge is 0.387 e. The minimum atomic E-state index is -3.06. The third-order valence-electron chi connectivity index (χ3n) is 3.95. The van der Waals surface area contributed by atoms with Crippen molar-refractivity contribution in [2.75, 3.05) is 13.7 Å². The molecule has 0 aliphatic heterocycles. The van der Waals surface area contributed by atoms with E-state index >= 15 is 0 Å². The molecule has 0 heterocycles. The number of ether oxygens (including phenoxy) is 2. The Bertz CT molecular complexity index is 798. The Kier molecular flexibility index (Phi) is 7.74. The van der Waals surface area contributed by atoms with Gasteiger partial charge in [-0.25, -0.2) is 0 Å². The number of aliphatic carboxylic acids is 1. The van der Waals surface area contributed by atoms with E-state index < -0.39 is 18.5 Å². The van der Waals surface area contributed by atoms with E-state index in [2.05, 4.69) is 4.74 Å². The second-order valence-corrected chi connectivity index (χ2v) is 5.95. The third-order valence-corrected chi connectivity index (χ3v) is 3.95. The second kappa shape index (κ2) is 10.2. The van der Waals surface area contributed by atoms with Gasteiger partial charge in [0, 0.05) is 25.1 Å². The Morgan fingerprint density at radius 1 is 1.11 bits per heavy atom. The van der Waals surface area contributed by atoms with Crippen LogP contribution in [0.15, 0.2) is 48.5 Å². The molecule has 0 atom stereocenters. The lowest BCUT2D eigenvalue weighted by Crippen LogP contribution is -2.32. The number of hydrogen-bond donors (Lipinski definition) is 1. The number of nitrogens with zero attached hydrogens (tertiary/aromatic N) is 1. The zero-order chi connectivity index (χ0) is 20.5. The van der Waals surface area contributed by atoms with E-state index in [1.54, 1.807) is 0 Å². The number of carbonyl (C=O) groups excluding carboxylic acids is 1. The number of amides is 1. The number of alkyl halides is 2. The van der Waals surface area contributed by atoms with Gasteiger partial charge in [-0.2, -0.15) is 8.78 Å². The summed E-state index contributed by atoms with van der Waals surface area (Å²) in [5.41, 5.74) is 1.01. The van der Waals surface area contributed by atoms with Gasteiger partial charge < -0.3 is 19.5 Å². The van der Waals surface area contributed by atoms with Gasteiger partial charge in [-0.3, -0.25) is 9.59 Å². The Hall–Kier alpha value is -3.16. The minimum Gasteiger partial charge on any atom is -0.493 e. The van der Waals surface area contributed by atoms with Gasteiger partial charge in [0.25, 0.3) is 5.91 Å². The topological polar surface area (TPSA) is 76.1 Å². The maximum Gasteiger partial charge on any atom is 0.387 e. The van der Waals surface area contributed by atoms with Crippen LogP contribution < -0.4 is 9.47 Å². The molecule has 0 saturated carbocycles. The first kappa shape index (κ1) is 21.1. The van der Waals surface area contributed by atoms with Crippen molar-refractivity contribution in [3.8, 4) is 11.5 Å². The normalized spacial score (nSPS) is 10.6. The molecule has 0 aliphatic carbocycles. The summed E-state index contributed by atoms with van der Waals surface area (Å²) in [6.07, 6.45) is 0.186. The Labute approximate surface area is 161 Å². The van der Waals surface area contributed by atoms with Gasteiger partial charge in [-0.1, -0.05) is 30.3 Å².